The van der Waals surface area contributed by atoms with Crippen LogP contribution in [0.2, 0.25) is 0 Å². The number of benzene rings is 1. The Labute approximate surface area is 84.0 Å². The summed E-state index contributed by atoms with van der Waals surface area (Å²) in [6, 6.07) is 3.03. The van der Waals surface area contributed by atoms with E-state index in [2.05, 4.69) is 20.4 Å². The molecule has 2 rings (SSSR count). The van der Waals surface area contributed by atoms with Gasteiger partial charge in [0.05, 0.1) is 5.56 Å². The largest absolute Gasteiger partial charge is 0.207 e. The number of rotatable bonds is 1. The van der Waals surface area contributed by atoms with Crippen molar-refractivity contribution >= 4 is 0 Å². The molecule has 0 saturated heterocycles. The summed E-state index contributed by atoms with van der Waals surface area (Å²) in [4.78, 5) is 0. The second-order valence-electron chi connectivity index (χ2n) is 2.89. The summed E-state index contributed by atoms with van der Waals surface area (Å²) in [5.74, 6) is -0.826. The first-order chi connectivity index (χ1) is 7.16. The van der Waals surface area contributed by atoms with Crippen molar-refractivity contribution in [1.82, 2.24) is 20.4 Å². The molecule has 0 aliphatic heterocycles. The highest BCUT2D eigenvalue weighted by Crippen LogP contribution is 2.18. The summed E-state index contributed by atoms with van der Waals surface area (Å²) in [7, 11) is 0. The molecule has 0 unspecified atom stereocenters. The molecule has 0 amide bonds. The minimum absolute atomic E-state index is 0.0300. The van der Waals surface area contributed by atoms with Crippen molar-refractivity contribution in [2.24, 2.45) is 0 Å². The predicted molar refractivity (Wildman–Crippen MR) is 47.7 cm³/mol. The van der Waals surface area contributed by atoms with Gasteiger partial charge in [-0.15, -0.1) is 20.4 Å². The molecule has 2 aromatic rings. The average molecular weight is 208 g/mol. The van der Waals surface area contributed by atoms with Crippen molar-refractivity contribution in [3.05, 3.63) is 35.7 Å². The van der Waals surface area contributed by atoms with Gasteiger partial charge in [-0.05, 0) is 25.1 Å². The van der Waals surface area contributed by atoms with E-state index in [0.717, 1.165) is 18.2 Å². The Morgan fingerprint density at radius 1 is 1.00 bits per heavy atom. The molecule has 0 bridgehead atoms. The molecular weight excluding hydrogens is 202 g/mol. The summed E-state index contributed by atoms with van der Waals surface area (Å²) in [6.45, 7) is 1.60. The molecule has 0 radical (unpaired) electrons. The topological polar surface area (TPSA) is 51.6 Å². The normalized spacial score (nSPS) is 10.3. The van der Waals surface area contributed by atoms with Gasteiger partial charge in [-0.3, -0.25) is 0 Å². The van der Waals surface area contributed by atoms with Crippen LogP contribution in [0.3, 0.4) is 0 Å². The van der Waals surface area contributed by atoms with E-state index in [4.69, 9.17) is 0 Å². The highest BCUT2D eigenvalue weighted by atomic mass is 19.1. The van der Waals surface area contributed by atoms with E-state index in [1.54, 1.807) is 6.92 Å². The van der Waals surface area contributed by atoms with Crippen LogP contribution in [0.1, 0.15) is 5.82 Å². The first kappa shape index (κ1) is 9.57. The van der Waals surface area contributed by atoms with Crippen LogP contribution in [0.5, 0.6) is 0 Å². The minimum Gasteiger partial charge on any atom is -0.207 e. The van der Waals surface area contributed by atoms with Crippen LogP contribution in [-0.2, 0) is 0 Å². The Kier molecular flexibility index (Phi) is 2.32. The number of halogens is 2. The molecule has 0 aliphatic carbocycles. The lowest BCUT2D eigenvalue weighted by molar-refractivity contribution is 0.600. The van der Waals surface area contributed by atoms with E-state index in [9.17, 15) is 8.78 Å². The second kappa shape index (κ2) is 3.64. The zero-order chi connectivity index (χ0) is 10.8. The number of hydrogen-bond acceptors (Lipinski definition) is 4. The van der Waals surface area contributed by atoms with Gasteiger partial charge in [-0.2, -0.15) is 0 Å². The fourth-order valence-corrected chi connectivity index (χ4v) is 1.06. The summed E-state index contributed by atoms with van der Waals surface area (Å²) < 4.78 is 26.1. The Morgan fingerprint density at radius 3 is 2.33 bits per heavy atom. The van der Waals surface area contributed by atoms with Gasteiger partial charge in [0.1, 0.15) is 11.6 Å². The quantitative estimate of drug-likeness (QED) is 0.712. The smallest absolute Gasteiger partial charge is 0.206 e. The molecule has 1 heterocycles. The summed E-state index contributed by atoms with van der Waals surface area (Å²) in [6.07, 6.45) is 0. The second-order valence-corrected chi connectivity index (χ2v) is 2.89. The fraction of sp³-hybridized carbons (Fsp3) is 0.111. The van der Waals surface area contributed by atoms with Crippen LogP contribution >= 0.6 is 0 Å². The third kappa shape index (κ3) is 1.93. The van der Waals surface area contributed by atoms with Gasteiger partial charge in [0, 0.05) is 0 Å². The highest BCUT2D eigenvalue weighted by molar-refractivity contribution is 5.54. The average Bonchev–Trinajstić information content (AvgIpc) is 2.23. The maximum atomic E-state index is 13.3. The van der Waals surface area contributed by atoms with E-state index in [1.807, 2.05) is 0 Å². The van der Waals surface area contributed by atoms with Gasteiger partial charge in [-0.1, -0.05) is 0 Å². The summed E-state index contributed by atoms with van der Waals surface area (Å²) >= 11 is 0. The zero-order valence-corrected chi connectivity index (χ0v) is 7.78. The van der Waals surface area contributed by atoms with Gasteiger partial charge < -0.3 is 0 Å². The standard InChI is InChI=1S/C9H6F2N4/c1-5-12-14-9(15-13-5)7-4-6(10)2-3-8(7)11/h2-4H,1H3. The molecule has 6 heteroatoms. The van der Waals surface area contributed by atoms with Crippen molar-refractivity contribution < 1.29 is 8.78 Å². The Morgan fingerprint density at radius 2 is 1.67 bits per heavy atom. The highest BCUT2D eigenvalue weighted by Gasteiger charge is 2.10. The lowest BCUT2D eigenvalue weighted by atomic mass is 10.2. The van der Waals surface area contributed by atoms with Crippen LogP contribution in [0.25, 0.3) is 11.4 Å². The maximum Gasteiger partial charge on any atom is 0.206 e. The Bertz CT molecular complexity index is 484. The van der Waals surface area contributed by atoms with Gasteiger partial charge in [0.25, 0.3) is 0 Å². The van der Waals surface area contributed by atoms with Crippen molar-refractivity contribution in [1.29, 1.82) is 0 Å². The molecule has 4 nitrogen and oxygen atoms in total. The van der Waals surface area contributed by atoms with Crippen LogP contribution in [0.15, 0.2) is 18.2 Å². The Hall–Kier alpha value is -1.98. The maximum absolute atomic E-state index is 13.3. The van der Waals surface area contributed by atoms with Crippen LogP contribution in [0, 0.1) is 18.6 Å². The molecule has 0 N–H and O–H groups in total. The van der Waals surface area contributed by atoms with E-state index in [0.29, 0.717) is 5.82 Å². The SMILES string of the molecule is Cc1nnc(-c2cc(F)ccc2F)nn1. The number of aromatic nitrogens is 4. The molecule has 15 heavy (non-hydrogen) atoms. The van der Waals surface area contributed by atoms with Crippen molar-refractivity contribution in [2.75, 3.05) is 0 Å². The number of hydrogen-bond donors (Lipinski definition) is 0. The fourth-order valence-electron chi connectivity index (χ4n) is 1.06. The Balaban J connectivity index is 2.53. The third-order valence-electron chi connectivity index (χ3n) is 1.75. The van der Waals surface area contributed by atoms with Crippen molar-refractivity contribution in [2.45, 2.75) is 6.92 Å². The van der Waals surface area contributed by atoms with E-state index >= 15 is 0 Å². The molecule has 0 atom stereocenters. The first-order valence-corrected chi connectivity index (χ1v) is 4.16. The monoisotopic (exact) mass is 208 g/mol. The van der Waals surface area contributed by atoms with Crippen molar-refractivity contribution in [3.8, 4) is 11.4 Å². The van der Waals surface area contributed by atoms with E-state index < -0.39 is 11.6 Å². The van der Waals surface area contributed by atoms with Crippen LogP contribution in [-0.4, -0.2) is 20.4 Å². The molecule has 0 spiro atoms. The molecular formula is C9H6F2N4. The number of nitrogens with zero attached hydrogens (tertiary/aromatic N) is 4. The van der Waals surface area contributed by atoms with Crippen LogP contribution in [0.4, 0.5) is 8.78 Å². The molecule has 1 aromatic heterocycles. The molecule has 1 aromatic carbocycles. The molecule has 0 fully saturated rings. The van der Waals surface area contributed by atoms with Gasteiger partial charge >= 0.3 is 0 Å². The van der Waals surface area contributed by atoms with Gasteiger partial charge in [0.2, 0.25) is 5.82 Å². The van der Waals surface area contributed by atoms with Gasteiger partial charge in [0.15, 0.2) is 5.82 Å². The minimum atomic E-state index is -0.608. The predicted octanol–water partition coefficient (Wildman–Crippen LogP) is 1.52. The first-order valence-electron chi connectivity index (χ1n) is 4.16. The summed E-state index contributed by atoms with van der Waals surface area (Å²) in [5.41, 5.74) is -0.0463. The lowest BCUT2D eigenvalue weighted by Crippen LogP contribution is -2.00. The van der Waals surface area contributed by atoms with Crippen molar-refractivity contribution in [3.63, 3.8) is 0 Å². The molecule has 76 valence electrons. The number of aryl methyl sites for hydroxylation is 1. The lowest BCUT2D eigenvalue weighted by Gasteiger charge is -1.99. The zero-order valence-electron chi connectivity index (χ0n) is 7.78. The molecule has 0 saturated carbocycles. The van der Waals surface area contributed by atoms with E-state index in [-0.39, 0.29) is 11.4 Å². The van der Waals surface area contributed by atoms with Gasteiger partial charge in [-0.25, -0.2) is 8.78 Å². The van der Waals surface area contributed by atoms with Crippen LogP contribution < -0.4 is 0 Å². The molecule has 0 aliphatic rings. The van der Waals surface area contributed by atoms with E-state index in [1.165, 1.54) is 0 Å². The third-order valence-corrected chi connectivity index (χ3v) is 1.75. The summed E-state index contributed by atoms with van der Waals surface area (Å²) in [5, 5.41) is 14.5.